The van der Waals surface area contributed by atoms with Crippen molar-refractivity contribution < 1.29 is 27.6 Å². The van der Waals surface area contributed by atoms with Crippen LogP contribution in [0.2, 0.25) is 5.02 Å². The van der Waals surface area contributed by atoms with E-state index in [1.54, 1.807) is 17.0 Å². The van der Waals surface area contributed by atoms with Crippen LogP contribution in [0.25, 0.3) is 17.1 Å². The first-order valence-corrected chi connectivity index (χ1v) is 16.6. The smallest absolute Gasteiger partial charge is 0.384 e. The van der Waals surface area contributed by atoms with Crippen molar-refractivity contribution in [3.8, 4) is 17.1 Å². The van der Waals surface area contributed by atoms with Crippen LogP contribution in [-0.2, 0) is 18.0 Å². The minimum atomic E-state index is -4.80. The normalized spacial score (nSPS) is 15.6. The molecule has 0 atom stereocenters. The number of amides is 3. The molecule has 264 valence electrons. The van der Waals surface area contributed by atoms with Crippen molar-refractivity contribution in [3.63, 3.8) is 0 Å². The number of halogens is 4. The van der Waals surface area contributed by atoms with Gasteiger partial charge in [-0.15, -0.1) is 0 Å². The van der Waals surface area contributed by atoms with Crippen LogP contribution < -0.4 is 16.0 Å². The maximum atomic E-state index is 14.1. The van der Waals surface area contributed by atoms with E-state index in [0.717, 1.165) is 30.6 Å². The van der Waals surface area contributed by atoms with Crippen LogP contribution in [0.3, 0.4) is 0 Å². The van der Waals surface area contributed by atoms with Crippen LogP contribution in [0.1, 0.15) is 46.4 Å². The lowest BCUT2D eigenvalue weighted by molar-refractivity contribution is -0.141. The quantitative estimate of drug-likeness (QED) is 0.246. The first-order chi connectivity index (χ1) is 23.9. The van der Waals surface area contributed by atoms with Crippen molar-refractivity contribution in [3.05, 3.63) is 71.0 Å². The van der Waals surface area contributed by atoms with E-state index in [2.05, 4.69) is 31.0 Å². The van der Waals surface area contributed by atoms with Crippen molar-refractivity contribution in [2.24, 2.45) is 13.0 Å². The van der Waals surface area contributed by atoms with Gasteiger partial charge in [-0.05, 0) is 63.2 Å². The molecule has 5 heterocycles. The summed E-state index contributed by atoms with van der Waals surface area (Å²) in [5, 5.41) is 12.9. The number of rotatable bonds is 8. The number of piperazine rings is 1. The van der Waals surface area contributed by atoms with Gasteiger partial charge >= 0.3 is 6.18 Å². The summed E-state index contributed by atoms with van der Waals surface area (Å²) in [7, 11) is 1.42. The number of nitrogens with one attached hydrogen (secondary N) is 3. The lowest BCUT2D eigenvalue weighted by atomic mass is 9.96. The number of carbonyl (C=O) groups is 3. The summed E-state index contributed by atoms with van der Waals surface area (Å²) in [6, 6.07) is 7.66. The summed E-state index contributed by atoms with van der Waals surface area (Å²) in [6.07, 6.45) is 0.682. The van der Waals surface area contributed by atoms with Gasteiger partial charge < -0.3 is 30.3 Å². The van der Waals surface area contributed by atoms with E-state index in [-0.39, 0.29) is 56.9 Å². The fourth-order valence-corrected chi connectivity index (χ4v) is 6.43. The number of anilines is 2. The third-order valence-electron chi connectivity index (χ3n) is 8.84. The molecular weight excluding hydrogens is 677 g/mol. The average Bonchev–Trinajstić information content (AvgIpc) is 3.73. The van der Waals surface area contributed by atoms with Crippen molar-refractivity contribution in [2.45, 2.75) is 25.9 Å². The summed E-state index contributed by atoms with van der Waals surface area (Å²) >= 11 is 6.49. The molecule has 0 bridgehead atoms. The van der Waals surface area contributed by atoms with Crippen LogP contribution in [0, 0.1) is 5.92 Å². The highest BCUT2D eigenvalue weighted by Gasteiger charge is 2.39. The van der Waals surface area contributed by atoms with E-state index in [4.69, 9.17) is 11.6 Å². The number of hydrogen-bond acceptors (Lipinski definition) is 8. The first kappa shape index (κ1) is 34.9. The molecule has 2 fully saturated rings. The van der Waals surface area contributed by atoms with Crippen LogP contribution in [-0.4, -0.2) is 97.7 Å². The van der Waals surface area contributed by atoms with Crippen LogP contribution in [0.5, 0.6) is 0 Å². The molecule has 0 saturated carbocycles. The van der Waals surface area contributed by atoms with Gasteiger partial charge in [-0.1, -0.05) is 11.6 Å². The number of alkyl halides is 3. The lowest BCUT2D eigenvalue weighted by Gasteiger charge is -2.37. The number of hydrogen-bond donors (Lipinski definition) is 3. The van der Waals surface area contributed by atoms with E-state index >= 15 is 0 Å². The van der Waals surface area contributed by atoms with Crippen molar-refractivity contribution >= 4 is 40.7 Å². The molecule has 1 aromatic carbocycles. The molecule has 3 amide bonds. The topological polar surface area (TPSA) is 142 Å². The predicted octanol–water partition coefficient (Wildman–Crippen LogP) is 4.31. The van der Waals surface area contributed by atoms with Crippen LogP contribution in [0.4, 0.5) is 24.5 Å². The second-order valence-corrected chi connectivity index (χ2v) is 12.5. The van der Waals surface area contributed by atoms with Gasteiger partial charge in [0.15, 0.2) is 17.3 Å². The fourth-order valence-electron chi connectivity index (χ4n) is 6.17. The van der Waals surface area contributed by atoms with Gasteiger partial charge in [0.2, 0.25) is 5.91 Å². The van der Waals surface area contributed by atoms with E-state index in [9.17, 15) is 27.6 Å². The van der Waals surface area contributed by atoms with E-state index in [0.29, 0.717) is 38.4 Å². The summed E-state index contributed by atoms with van der Waals surface area (Å²) in [5.74, 6) is -0.839. The second kappa shape index (κ2) is 14.5. The van der Waals surface area contributed by atoms with Crippen molar-refractivity contribution in [2.75, 3.05) is 56.4 Å². The van der Waals surface area contributed by atoms with Gasteiger partial charge in [-0.3, -0.25) is 14.4 Å². The van der Waals surface area contributed by atoms with Gasteiger partial charge in [0.25, 0.3) is 11.8 Å². The molecule has 2 aliphatic rings. The summed E-state index contributed by atoms with van der Waals surface area (Å²) in [6.45, 7) is 5.85. The molecule has 50 heavy (non-hydrogen) atoms. The summed E-state index contributed by atoms with van der Waals surface area (Å²) in [5.41, 5.74) is -0.230. The molecule has 3 N–H and O–H groups in total. The SMILES string of the molecule is CCNc1ccc(-n2cc(-c3cnc(C(=O)Nc4ccc(C(=O)N5CCN(C(=O)C6CCNCC6)CC5)c(Cl)c4)n3C)c(C(F)(F)F)n2)nc1. The number of carbonyl (C=O) groups excluding carboxylic acids is 3. The van der Waals surface area contributed by atoms with E-state index in [1.807, 2.05) is 11.8 Å². The summed E-state index contributed by atoms with van der Waals surface area (Å²) in [4.78, 5) is 51.2. The maximum absolute atomic E-state index is 14.1. The Morgan fingerprint density at radius 1 is 0.980 bits per heavy atom. The Hall–Kier alpha value is -4.96. The molecule has 2 aliphatic heterocycles. The minimum absolute atomic E-state index is 0.00881. The molecule has 0 aliphatic carbocycles. The zero-order chi connectivity index (χ0) is 35.6. The molecular formula is C33H36ClF3N10O3. The van der Waals surface area contributed by atoms with E-state index in [1.165, 1.54) is 48.4 Å². The molecule has 13 nitrogen and oxygen atoms in total. The lowest BCUT2D eigenvalue weighted by Crippen LogP contribution is -2.52. The Bertz CT molecular complexity index is 1880. The number of pyridine rings is 1. The highest BCUT2D eigenvalue weighted by molar-refractivity contribution is 6.34. The van der Waals surface area contributed by atoms with Gasteiger partial charge in [0.1, 0.15) is 0 Å². The number of benzene rings is 1. The highest BCUT2D eigenvalue weighted by atomic mass is 35.5. The molecule has 0 radical (unpaired) electrons. The molecule has 0 unspecified atom stereocenters. The van der Waals surface area contributed by atoms with Crippen molar-refractivity contribution in [1.82, 2.24) is 39.4 Å². The summed E-state index contributed by atoms with van der Waals surface area (Å²) < 4.78 is 44.6. The Morgan fingerprint density at radius 3 is 2.32 bits per heavy atom. The Labute approximate surface area is 290 Å². The van der Waals surface area contributed by atoms with Crippen LogP contribution in [0.15, 0.2) is 48.9 Å². The Balaban J connectivity index is 1.13. The first-order valence-electron chi connectivity index (χ1n) is 16.2. The van der Waals surface area contributed by atoms with E-state index < -0.39 is 17.8 Å². The third kappa shape index (κ3) is 7.31. The molecule has 0 spiro atoms. The zero-order valence-electron chi connectivity index (χ0n) is 27.4. The maximum Gasteiger partial charge on any atom is 0.435 e. The fraction of sp³-hybridized carbons (Fsp3) is 0.394. The van der Waals surface area contributed by atoms with Gasteiger partial charge in [-0.2, -0.15) is 18.3 Å². The Kier molecular flexibility index (Phi) is 10.1. The number of aromatic nitrogens is 5. The average molecular weight is 713 g/mol. The van der Waals surface area contributed by atoms with Gasteiger partial charge in [0.05, 0.1) is 39.9 Å². The monoisotopic (exact) mass is 712 g/mol. The Morgan fingerprint density at radius 2 is 1.68 bits per heavy atom. The number of nitrogens with zero attached hydrogens (tertiary/aromatic N) is 7. The van der Waals surface area contributed by atoms with Gasteiger partial charge in [0, 0.05) is 57.6 Å². The molecule has 6 rings (SSSR count). The molecule has 2 saturated heterocycles. The van der Waals surface area contributed by atoms with Crippen LogP contribution >= 0.6 is 11.6 Å². The van der Waals surface area contributed by atoms with Crippen molar-refractivity contribution in [1.29, 1.82) is 0 Å². The molecule has 3 aromatic heterocycles. The zero-order valence-corrected chi connectivity index (χ0v) is 28.2. The number of piperidine rings is 1. The standard InChI is InChI=1S/C33H36ClF3N10O3/c1-3-39-22-5-7-27(40-17-22)47-19-24(28(43-47)33(35,36)37)26-18-41-29(44(26)2)30(48)42-21-4-6-23(25(34)16-21)32(50)46-14-12-45(13-15-46)31(49)20-8-10-38-11-9-20/h4-7,16-20,38-39H,3,8-15H2,1-2H3,(H,42,48). The third-order valence-corrected chi connectivity index (χ3v) is 9.15. The molecule has 17 heteroatoms. The number of imidazole rings is 1. The minimum Gasteiger partial charge on any atom is -0.384 e. The predicted molar refractivity (Wildman–Crippen MR) is 180 cm³/mol. The second-order valence-electron chi connectivity index (χ2n) is 12.1. The van der Waals surface area contributed by atoms with Gasteiger partial charge in [-0.25, -0.2) is 14.6 Å². The largest absolute Gasteiger partial charge is 0.435 e. The highest BCUT2D eigenvalue weighted by Crippen LogP contribution is 2.37. The molecule has 4 aromatic rings.